The van der Waals surface area contributed by atoms with Crippen LogP contribution >= 0.6 is 0 Å². The monoisotopic (exact) mass is 353 g/mol. The lowest BCUT2D eigenvalue weighted by molar-refractivity contribution is 0.0650. The third-order valence-corrected chi connectivity index (χ3v) is 4.92. The molecule has 0 bridgehead atoms. The smallest absolute Gasteiger partial charge is 0.253 e. The average molecular weight is 353 g/mol. The lowest BCUT2D eigenvalue weighted by Gasteiger charge is -2.31. The number of aromatic hydroxyl groups is 1. The van der Waals surface area contributed by atoms with E-state index in [1.54, 1.807) is 35.2 Å². The van der Waals surface area contributed by atoms with E-state index < -0.39 is 0 Å². The Morgan fingerprint density at radius 3 is 2.31 bits per heavy atom. The summed E-state index contributed by atoms with van der Waals surface area (Å²) in [5.74, 6) is 1.30. The molecule has 0 saturated carbocycles. The van der Waals surface area contributed by atoms with E-state index in [2.05, 4.69) is 0 Å². The minimum Gasteiger partial charge on any atom is -0.508 e. The molecular weight excluding hydrogens is 334 g/mol. The molecule has 6 nitrogen and oxygen atoms in total. The second-order valence-corrected chi connectivity index (χ2v) is 6.55. The zero-order chi connectivity index (χ0) is 18.1. The predicted molar refractivity (Wildman–Crippen MR) is 93.6 cm³/mol. The van der Waals surface area contributed by atoms with Crippen molar-refractivity contribution >= 4 is 11.7 Å². The summed E-state index contributed by atoms with van der Waals surface area (Å²) < 4.78 is 10.6. The van der Waals surface area contributed by atoms with Crippen LogP contribution in [0.4, 0.5) is 0 Å². The summed E-state index contributed by atoms with van der Waals surface area (Å²) in [6, 6.07) is 11.5. The number of carbonyl (C=O) groups excluding carboxylic acids is 2. The minimum atomic E-state index is -0.0969. The second kappa shape index (κ2) is 6.71. The van der Waals surface area contributed by atoms with Crippen molar-refractivity contribution in [3.05, 3.63) is 53.6 Å². The van der Waals surface area contributed by atoms with Crippen molar-refractivity contribution in [1.29, 1.82) is 0 Å². The molecule has 0 spiro atoms. The summed E-state index contributed by atoms with van der Waals surface area (Å²) in [7, 11) is 0. The number of ketones is 1. The van der Waals surface area contributed by atoms with Crippen molar-refractivity contribution in [2.45, 2.75) is 12.8 Å². The van der Waals surface area contributed by atoms with E-state index >= 15 is 0 Å². The fraction of sp³-hybridized carbons (Fsp3) is 0.300. The number of likely N-dealkylation sites (tertiary alicyclic amines) is 1. The number of rotatable bonds is 3. The van der Waals surface area contributed by atoms with Gasteiger partial charge in [-0.05, 0) is 55.3 Å². The van der Waals surface area contributed by atoms with E-state index in [9.17, 15) is 14.7 Å². The molecule has 0 atom stereocenters. The van der Waals surface area contributed by atoms with Gasteiger partial charge in [-0.1, -0.05) is 0 Å². The van der Waals surface area contributed by atoms with Crippen LogP contribution in [0.3, 0.4) is 0 Å². The molecule has 2 aliphatic heterocycles. The van der Waals surface area contributed by atoms with Crippen molar-refractivity contribution in [3.8, 4) is 17.2 Å². The van der Waals surface area contributed by atoms with Crippen LogP contribution in [0, 0.1) is 5.92 Å². The Labute approximate surface area is 151 Å². The van der Waals surface area contributed by atoms with Gasteiger partial charge >= 0.3 is 0 Å². The fourth-order valence-corrected chi connectivity index (χ4v) is 3.42. The van der Waals surface area contributed by atoms with Gasteiger partial charge in [0, 0.05) is 30.1 Å². The molecule has 134 valence electrons. The maximum atomic E-state index is 12.7. The molecule has 4 rings (SSSR count). The molecule has 2 aliphatic rings. The highest BCUT2D eigenvalue weighted by atomic mass is 16.7. The summed E-state index contributed by atoms with van der Waals surface area (Å²) in [5.41, 5.74) is 1.17. The molecule has 26 heavy (non-hydrogen) atoms. The average Bonchev–Trinajstić information content (AvgIpc) is 3.15. The van der Waals surface area contributed by atoms with Gasteiger partial charge in [-0.25, -0.2) is 0 Å². The lowest BCUT2D eigenvalue weighted by atomic mass is 9.88. The molecule has 2 aromatic carbocycles. The van der Waals surface area contributed by atoms with Crippen LogP contribution in [0.2, 0.25) is 0 Å². The van der Waals surface area contributed by atoms with Gasteiger partial charge in [-0.2, -0.15) is 0 Å². The summed E-state index contributed by atoms with van der Waals surface area (Å²) in [6.07, 6.45) is 1.27. The fourth-order valence-electron chi connectivity index (χ4n) is 3.42. The summed E-state index contributed by atoms with van der Waals surface area (Å²) >= 11 is 0. The van der Waals surface area contributed by atoms with Crippen molar-refractivity contribution in [1.82, 2.24) is 4.90 Å². The highest BCUT2D eigenvalue weighted by molar-refractivity contribution is 5.98. The number of hydrogen-bond donors (Lipinski definition) is 1. The number of piperidine rings is 1. The largest absolute Gasteiger partial charge is 0.508 e. The SMILES string of the molecule is O=C(c1ccc(O)cc1)C1CCN(C(=O)c2ccc3c(c2)OCO3)CC1. The Morgan fingerprint density at radius 1 is 0.923 bits per heavy atom. The van der Waals surface area contributed by atoms with Gasteiger partial charge in [0.05, 0.1) is 0 Å². The third kappa shape index (κ3) is 3.10. The zero-order valence-corrected chi connectivity index (χ0v) is 14.2. The second-order valence-electron chi connectivity index (χ2n) is 6.55. The van der Waals surface area contributed by atoms with E-state index in [-0.39, 0.29) is 30.2 Å². The first kappa shape index (κ1) is 16.4. The van der Waals surface area contributed by atoms with Crippen LogP contribution in [-0.2, 0) is 0 Å². The van der Waals surface area contributed by atoms with Gasteiger partial charge < -0.3 is 19.5 Å². The first-order chi connectivity index (χ1) is 12.6. The van der Waals surface area contributed by atoms with Crippen LogP contribution in [-0.4, -0.2) is 41.6 Å². The van der Waals surface area contributed by atoms with E-state index in [1.807, 2.05) is 0 Å². The molecule has 1 amide bonds. The molecule has 0 aliphatic carbocycles. The van der Waals surface area contributed by atoms with Gasteiger partial charge in [-0.15, -0.1) is 0 Å². The Hall–Kier alpha value is -3.02. The van der Waals surface area contributed by atoms with E-state index in [0.717, 1.165) is 0 Å². The van der Waals surface area contributed by atoms with Gasteiger partial charge in [0.15, 0.2) is 17.3 Å². The number of carbonyl (C=O) groups is 2. The van der Waals surface area contributed by atoms with Crippen LogP contribution in [0.5, 0.6) is 17.2 Å². The molecule has 0 radical (unpaired) electrons. The van der Waals surface area contributed by atoms with Gasteiger partial charge in [0.25, 0.3) is 5.91 Å². The summed E-state index contributed by atoms with van der Waals surface area (Å²) in [4.78, 5) is 27.0. The Morgan fingerprint density at radius 2 is 1.58 bits per heavy atom. The predicted octanol–water partition coefficient (Wildman–Crippen LogP) is 2.86. The minimum absolute atomic E-state index is 0.0566. The number of ether oxygens (including phenoxy) is 2. The standard InChI is InChI=1S/C20H19NO5/c22-16-4-1-13(2-5-16)19(23)14-7-9-21(10-8-14)20(24)15-3-6-17-18(11-15)26-12-25-17/h1-6,11,14,22H,7-10,12H2. The molecule has 2 aromatic rings. The highest BCUT2D eigenvalue weighted by Crippen LogP contribution is 2.33. The number of benzene rings is 2. The maximum Gasteiger partial charge on any atom is 0.253 e. The third-order valence-electron chi connectivity index (χ3n) is 4.92. The highest BCUT2D eigenvalue weighted by Gasteiger charge is 2.29. The van der Waals surface area contributed by atoms with Gasteiger partial charge in [0.1, 0.15) is 5.75 Å². The molecule has 0 aromatic heterocycles. The van der Waals surface area contributed by atoms with Crippen molar-refractivity contribution in [3.63, 3.8) is 0 Å². The lowest BCUT2D eigenvalue weighted by Crippen LogP contribution is -2.40. The molecule has 0 unspecified atom stereocenters. The number of nitrogens with zero attached hydrogens (tertiary/aromatic N) is 1. The van der Waals surface area contributed by atoms with Crippen molar-refractivity contribution in [2.75, 3.05) is 19.9 Å². The number of hydrogen-bond acceptors (Lipinski definition) is 5. The molecule has 2 heterocycles. The summed E-state index contributed by atoms with van der Waals surface area (Å²) in [6.45, 7) is 1.27. The molecule has 6 heteroatoms. The Balaban J connectivity index is 1.39. The number of phenols is 1. The van der Waals surface area contributed by atoms with Gasteiger partial charge in [0.2, 0.25) is 6.79 Å². The number of fused-ring (bicyclic) bond motifs is 1. The van der Waals surface area contributed by atoms with E-state index in [0.29, 0.717) is 48.6 Å². The number of Topliss-reactive ketones (excluding diaryl/α,β-unsaturated/α-hetero) is 1. The molecular formula is C20H19NO5. The van der Waals surface area contributed by atoms with Crippen LogP contribution < -0.4 is 9.47 Å². The maximum absolute atomic E-state index is 12.7. The van der Waals surface area contributed by atoms with Gasteiger partial charge in [-0.3, -0.25) is 9.59 Å². The van der Waals surface area contributed by atoms with Crippen molar-refractivity contribution < 1.29 is 24.2 Å². The molecule has 1 saturated heterocycles. The van der Waals surface area contributed by atoms with Crippen LogP contribution in [0.15, 0.2) is 42.5 Å². The number of amides is 1. The zero-order valence-electron chi connectivity index (χ0n) is 14.2. The first-order valence-electron chi connectivity index (χ1n) is 8.64. The Bertz CT molecular complexity index is 838. The summed E-state index contributed by atoms with van der Waals surface area (Å²) in [5, 5.41) is 9.34. The van der Waals surface area contributed by atoms with Crippen molar-refractivity contribution in [2.24, 2.45) is 5.92 Å². The Kier molecular flexibility index (Phi) is 4.24. The van der Waals surface area contributed by atoms with Crippen LogP contribution in [0.1, 0.15) is 33.6 Å². The van der Waals surface area contributed by atoms with E-state index in [4.69, 9.17) is 9.47 Å². The number of phenolic OH excluding ortho intramolecular Hbond substituents is 1. The normalized spacial score (nSPS) is 16.5. The van der Waals surface area contributed by atoms with E-state index in [1.165, 1.54) is 12.1 Å². The molecule has 1 N–H and O–H groups in total. The quantitative estimate of drug-likeness (QED) is 0.859. The first-order valence-corrected chi connectivity index (χ1v) is 8.64. The topological polar surface area (TPSA) is 76.1 Å². The van der Waals surface area contributed by atoms with Crippen LogP contribution in [0.25, 0.3) is 0 Å². The molecule has 1 fully saturated rings.